The first-order valence-electron chi connectivity index (χ1n) is 8.05. The summed E-state index contributed by atoms with van der Waals surface area (Å²) >= 11 is 11.8. The van der Waals surface area contributed by atoms with Crippen LogP contribution in [-0.4, -0.2) is 25.8 Å². The first-order valence-corrected chi connectivity index (χ1v) is 8.83. The third-order valence-corrected chi connectivity index (χ3v) is 4.58. The Morgan fingerprint density at radius 1 is 1.17 bits per heavy atom. The molecule has 3 nitrogen and oxygen atoms in total. The number of hydrogen-bond donors (Lipinski definition) is 3. The lowest BCUT2D eigenvalue weighted by Gasteiger charge is -2.23. The predicted octanol–water partition coefficient (Wildman–Crippen LogP) is 3.13. The number of thiocarbonyl (C=S) groups is 1. The van der Waals surface area contributed by atoms with Gasteiger partial charge in [-0.15, -0.1) is 0 Å². The average molecular weight is 363 g/mol. The van der Waals surface area contributed by atoms with Crippen molar-refractivity contribution in [1.29, 1.82) is 0 Å². The highest BCUT2D eigenvalue weighted by atomic mass is 35.5. The molecule has 0 fully saturated rings. The van der Waals surface area contributed by atoms with Crippen molar-refractivity contribution < 1.29 is 4.90 Å². The standard InChI is InChI=1S/C19H24ClN3S/c1-13-10-14(2)18(16(20)11-13)22-19(24)21-12-17(23(3)4)15-8-6-5-7-9-15/h5-11,17H,12H2,1-4H3,(H2,21,22,24)/p+1/t17-/m1/s1. The molecule has 0 aliphatic heterocycles. The zero-order chi connectivity index (χ0) is 17.7. The van der Waals surface area contributed by atoms with Crippen molar-refractivity contribution in [3.63, 3.8) is 0 Å². The quantitative estimate of drug-likeness (QED) is 0.714. The smallest absolute Gasteiger partial charge is 0.171 e. The van der Waals surface area contributed by atoms with Crippen LogP contribution in [0.15, 0.2) is 42.5 Å². The molecule has 5 heteroatoms. The molecule has 24 heavy (non-hydrogen) atoms. The maximum atomic E-state index is 6.33. The van der Waals surface area contributed by atoms with E-state index in [0.717, 1.165) is 23.4 Å². The Hall–Kier alpha value is -1.62. The lowest BCUT2D eigenvalue weighted by Crippen LogP contribution is -3.07. The minimum absolute atomic E-state index is 0.320. The molecular formula is C19H25ClN3S+. The van der Waals surface area contributed by atoms with Crippen molar-refractivity contribution in [3.8, 4) is 0 Å². The second kappa shape index (κ2) is 8.47. The molecule has 0 bridgehead atoms. The van der Waals surface area contributed by atoms with E-state index in [9.17, 15) is 0 Å². The normalized spacial score (nSPS) is 12.1. The van der Waals surface area contributed by atoms with Gasteiger partial charge in [-0.05, 0) is 43.3 Å². The molecule has 0 saturated carbocycles. The van der Waals surface area contributed by atoms with E-state index in [1.54, 1.807) is 0 Å². The molecule has 0 heterocycles. The molecule has 3 N–H and O–H groups in total. The summed E-state index contributed by atoms with van der Waals surface area (Å²) in [6, 6.07) is 14.8. The molecule has 0 aliphatic carbocycles. The van der Waals surface area contributed by atoms with Gasteiger partial charge >= 0.3 is 0 Å². The molecule has 0 spiro atoms. The SMILES string of the molecule is Cc1cc(C)c(NC(=S)NC[C@H](c2ccccc2)[NH+](C)C)c(Cl)c1. The summed E-state index contributed by atoms with van der Waals surface area (Å²) in [6.07, 6.45) is 0. The Kier molecular flexibility index (Phi) is 6.60. The molecule has 0 aromatic heterocycles. The number of quaternary nitrogens is 1. The molecular weight excluding hydrogens is 338 g/mol. The highest BCUT2D eigenvalue weighted by molar-refractivity contribution is 7.80. The van der Waals surface area contributed by atoms with E-state index in [1.807, 2.05) is 26.0 Å². The Balaban J connectivity index is 2.02. The van der Waals surface area contributed by atoms with E-state index in [1.165, 1.54) is 10.5 Å². The van der Waals surface area contributed by atoms with Gasteiger partial charge in [-0.25, -0.2) is 0 Å². The average Bonchev–Trinajstić information content (AvgIpc) is 2.51. The third-order valence-electron chi connectivity index (χ3n) is 4.04. The first-order chi connectivity index (χ1) is 11.4. The van der Waals surface area contributed by atoms with Crippen LogP contribution in [-0.2, 0) is 0 Å². The molecule has 2 aromatic rings. The minimum atomic E-state index is 0.320. The Morgan fingerprint density at radius 2 is 1.83 bits per heavy atom. The predicted molar refractivity (Wildman–Crippen MR) is 107 cm³/mol. The van der Waals surface area contributed by atoms with Crippen molar-refractivity contribution in [2.75, 3.05) is 26.0 Å². The van der Waals surface area contributed by atoms with Gasteiger partial charge in [0.15, 0.2) is 5.11 Å². The lowest BCUT2D eigenvalue weighted by molar-refractivity contribution is -0.890. The number of anilines is 1. The van der Waals surface area contributed by atoms with Crippen molar-refractivity contribution in [3.05, 3.63) is 64.2 Å². The maximum absolute atomic E-state index is 6.33. The molecule has 2 aromatic carbocycles. The van der Waals surface area contributed by atoms with Gasteiger partial charge in [0.05, 0.1) is 31.4 Å². The van der Waals surface area contributed by atoms with Crippen molar-refractivity contribution in [1.82, 2.24) is 5.32 Å². The van der Waals surface area contributed by atoms with E-state index in [4.69, 9.17) is 23.8 Å². The van der Waals surface area contributed by atoms with Crippen LogP contribution < -0.4 is 15.5 Å². The van der Waals surface area contributed by atoms with Crippen LogP contribution in [0.25, 0.3) is 0 Å². The Labute approximate surface area is 155 Å². The number of benzene rings is 2. The van der Waals surface area contributed by atoms with Gasteiger partial charge in [0, 0.05) is 5.56 Å². The van der Waals surface area contributed by atoms with Crippen molar-refractivity contribution >= 4 is 34.6 Å². The molecule has 0 unspecified atom stereocenters. The fourth-order valence-corrected chi connectivity index (χ4v) is 3.32. The van der Waals surface area contributed by atoms with E-state index >= 15 is 0 Å². The summed E-state index contributed by atoms with van der Waals surface area (Å²) in [4.78, 5) is 1.35. The number of hydrogen-bond acceptors (Lipinski definition) is 1. The summed E-state index contributed by atoms with van der Waals surface area (Å²) < 4.78 is 0. The summed E-state index contributed by atoms with van der Waals surface area (Å²) in [5, 5.41) is 7.83. The molecule has 0 aliphatic rings. The van der Waals surface area contributed by atoms with E-state index in [0.29, 0.717) is 16.2 Å². The van der Waals surface area contributed by atoms with E-state index in [-0.39, 0.29) is 0 Å². The highest BCUT2D eigenvalue weighted by Gasteiger charge is 2.18. The number of rotatable bonds is 5. The van der Waals surface area contributed by atoms with Crippen LogP contribution in [0, 0.1) is 13.8 Å². The van der Waals surface area contributed by atoms with Crippen LogP contribution in [0.5, 0.6) is 0 Å². The minimum Gasteiger partial charge on any atom is -0.356 e. The molecule has 128 valence electrons. The summed E-state index contributed by atoms with van der Waals surface area (Å²) in [6.45, 7) is 4.81. The molecule has 2 rings (SSSR count). The summed E-state index contributed by atoms with van der Waals surface area (Å²) in [5.74, 6) is 0. The second-order valence-electron chi connectivity index (χ2n) is 6.31. The number of nitrogens with one attached hydrogen (secondary N) is 3. The van der Waals surface area contributed by atoms with Gasteiger partial charge in [-0.2, -0.15) is 0 Å². The van der Waals surface area contributed by atoms with Gasteiger partial charge in [0.1, 0.15) is 6.04 Å². The van der Waals surface area contributed by atoms with Crippen LogP contribution in [0.4, 0.5) is 5.69 Å². The largest absolute Gasteiger partial charge is 0.356 e. The van der Waals surface area contributed by atoms with Crippen LogP contribution >= 0.6 is 23.8 Å². The topological polar surface area (TPSA) is 28.5 Å². The van der Waals surface area contributed by atoms with Gasteiger partial charge < -0.3 is 15.5 Å². The van der Waals surface area contributed by atoms with E-state index in [2.05, 4.69) is 55.1 Å². The van der Waals surface area contributed by atoms with Crippen molar-refractivity contribution in [2.24, 2.45) is 0 Å². The summed E-state index contributed by atoms with van der Waals surface area (Å²) in [7, 11) is 4.30. The monoisotopic (exact) mass is 362 g/mol. The third kappa shape index (κ3) is 4.94. The molecule has 0 saturated heterocycles. The van der Waals surface area contributed by atoms with Crippen LogP contribution in [0.1, 0.15) is 22.7 Å². The zero-order valence-corrected chi connectivity index (χ0v) is 16.2. The number of halogens is 1. The number of aryl methyl sites for hydroxylation is 2. The highest BCUT2D eigenvalue weighted by Crippen LogP contribution is 2.27. The van der Waals surface area contributed by atoms with Crippen LogP contribution in [0.3, 0.4) is 0 Å². The van der Waals surface area contributed by atoms with Gasteiger partial charge in [0.25, 0.3) is 0 Å². The van der Waals surface area contributed by atoms with E-state index < -0.39 is 0 Å². The van der Waals surface area contributed by atoms with Crippen LogP contribution in [0.2, 0.25) is 5.02 Å². The van der Waals surface area contributed by atoms with Crippen molar-refractivity contribution in [2.45, 2.75) is 19.9 Å². The van der Waals surface area contributed by atoms with Gasteiger partial charge in [0.2, 0.25) is 0 Å². The van der Waals surface area contributed by atoms with Gasteiger partial charge in [-0.1, -0.05) is 48.0 Å². The van der Waals surface area contributed by atoms with Gasteiger partial charge in [-0.3, -0.25) is 0 Å². The fraction of sp³-hybridized carbons (Fsp3) is 0.316. The summed E-state index contributed by atoms with van der Waals surface area (Å²) in [5.41, 5.74) is 4.38. The Bertz CT molecular complexity index is 678. The molecule has 0 amide bonds. The maximum Gasteiger partial charge on any atom is 0.171 e. The molecule has 1 atom stereocenters. The lowest BCUT2D eigenvalue weighted by atomic mass is 10.1. The molecule has 0 radical (unpaired) electrons. The number of likely N-dealkylation sites (N-methyl/N-ethyl adjacent to an activating group) is 1. The second-order valence-corrected chi connectivity index (χ2v) is 7.13. The Morgan fingerprint density at radius 3 is 2.42 bits per heavy atom. The zero-order valence-electron chi connectivity index (χ0n) is 14.6. The fourth-order valence-electron chi connectivity index (χ4n) is 2.77. The first kappa shape index (κ1) is 18.7.